The van der Waals surface area contributed by atoms with Crippen molar-refractivity contribution in [1.29, 1.82) is 0 Å². The molecule has 0 atom stereocenters. The summed E-state index contributed by atoms with van der Waals surface area (Å²) in [6.07, 6.45) is -4.87. The predicted octanol–water partition coefficient (Wildman–Crippen LogP) is 4.03. The maximum Gasteiger partial charge on any atom is 0.573 e. The van der Waals surface area contributed by atoms with Crippen LogP contribution in [0.4, 0.5) is 35.0 Å². The van der Waals surface area contributed by atoms with Crippen LogP contribution >= 0.6 is 0 Å². The molecule has 8 nitrogen and oxygen atoms in total. The van der Waals surface area contributed by atoms with Gasteiger partial charge in [0.15, 0.2) is 0 Å². The Balaban J connectivity index is 1.48. The Morgan fingerprint density at radius 3 is 2.32 bits per heavy atom. The molecule has 34 heavy (non-hydrogen) atoms. The fourth-order valence-electron chi connectivity index (χ4n) is 3.33. The second-order valence-corrected chi connectivity index (χ2v) is 9.37. The number of ether oxygens (including phenoxy) is 1. The van der Waals surface area contributed by atoms with Crippen molar-refractivity contribution in [3.63, 3.8) is 0 Å². The topological polar surface area (TPSA) is 87.7 Å². The summed E-state index contributed by atoms with van der Waals surface area (Å²) in [6.45, 7) is 2.17. The van der Waals surface area contributed by atoms with E-state index in [1.165, 1.54) is 16.4 Å². The van der Waals surface area contributed by atoms with E-state index in [2.05, 4.69) is 20.0 Å². The Labute approximate surface area is 192 Å². The molecule has 1 N–H and O–H groups in total. The summed E-state index contributed by atoms with van der Waals surface area (Å²) in [7, 11) is -3.96. The zero-order valence-electron chi connectivity index (χ0n) is 17.8. The van der Waals surface area contributed by atoms with Gasteiger partial charge in [-0.2, -0.15) is 9.29 Å². The average molecular weight is 497 g/mol. The van der Waals surface area contributed by atoms with E-state index < -0.39 is 22.1 Å². The zero-order chi connectivity index (χ0) is 24.5. The maximum absolute atomic E-state index is 13.1. The molecule has 1 aliphatic heterocycles. The normalized spacial score (nSPS) is 14.9. The standard InChI is InChI=1S/C21H19F4N5O3S/c1-14-12-19(27-16-4-2-15(22)3-5-16)28-20(26-14)29-10-11-30(13-29)34(31,32)18-8-6-17(7-9-18)33-21(23,24)25/h2-9,12H,10-11,13H2,1H3,(H,26,27,28). The smallest absolute Gasteiger partial charge is 0.406 e. The number of nitrogens with zero attached hydrogens (tertiary/aromatic N) is 4. The van der Waals surface area contributed by atoms with Gasteiger partial charge in [-0.15, -0.1) is 13.2 Å². The van der Waals surface area contributed by atoms with Crippen LogP contribution in [0.1, 0.15) is 5.69 Å². The van der Waals surface area contributed by atoms with Crippen molar-refractivity contribution in [3.05, 3.63) is 66.1 Å². The molecule has 3 aromatic rings. The van der Waals surface area contributed by atoms with Crippen molar-refractivity contribution in [2.24, 2.45) is 0 Å². The minimum absolute atomic E-state index is 0.0391. The Hall–Kier alpha value is -3.45. The van der Waals surface area contributed by atoms with Crippen LogP contribution < -0.4 is 15.0 Å². The van der Waals surface area contributed by atoms with Crippen molar-refractivity contribution in [1.82, 2.24) is 14.3 Å². The van der Waals surface area contributed by atoms with Gasteiger partial charge in [0.1, 0.15) is 17.4 Å². The number of nitrogens with one attached hydrogen (secondary N) is 1. The lowest BCUT2D eigenvalue weighted by Gasteiger charge is -2.19. The van der Waals surface area contributed by atoms with Crippen LogP contribution in [0.25, 0.3) is 0 Å². The van der Waals surface area contributed by atoms with Crippen LogP contribution in [0.15, 0.2) is 59.5 Å². The molecule has 0 saturated carbocycles. The first-order valence-corrected chi connectivity index (χ1v) is 11.4. The maximum atomic E-state index is 13.1. The zero-order valence-corrected chi connectivity index (χ0v) is 18.6. The van der Waals surface area contributed by atoms with Crippen LogP contribution in [0.3, 0.4) is 0 Å². The molecule has 0 amide bonds. The number of aromatic nitrogens is 2. The van der Waals surface area contributed by atoms with Gasteiger partial charge in [-0.05, 0) is 55.5 Å². The summed E-state index contributed by atoms with van der Waals surface area (Å²) in [6, 6.07) is 11.5. The summed E-state index contributed by atoms with van der Waals surface area (Å²) in [4.78, 5) is 10.3. The number of aryl methyl sites for hydroxylation is 1. The van der Waals surface area contributed by atoms with Crippen molar-refractivity contribution >= 4 is 27.5 Å². The van der Waals surface area contributed by atoms with Crippen molar-refractivity contribution in [2.75, 3.05) is 30.0 Å². The van der Waals surface area contributed by atoms with E-state index >= 15 is 0 Å². The molecular weight excluding hydrogens is 478 g/mol. The second-order valence-electron chi connectivity index (χ2n) is 7.43. The van der Waals surface area contributed by atoms with Crippen LogP contribution in [-0.4, -0.2) is 48.8 Å². The molecule has 180 valence electrons. The van der Waals surface area contributed by atoms with E-state index in [0.717, 1.165) is 24.3 Å². The molecule has 0 bridgehead atoms. The molecule has 0 aliphatic carbocycles. The van der Waals surface area contributed by atoms with Gasteiger partial charge >= 0.3 is 6.36 Å². The average Bonchev–Trinajstić information content (AvgIpc) is 3.26. The number of hydrogen-bond acceptors (Lipinski definition) is 7. The highest BCUT2D eigenvalue weighted by Gasteiger charge is 2.34. The summed E-state index contributed by atoms with van der Waals surface area (Å²) in [5.41, 5.74) is 1.25. The van der Waals surface area contributed by atoms with Crippen LogP contribution in [0.2, 0.25) is 0 Å². The van der Waals surface area contributed by atoms with Crippen molar-refractivity contribution in [3.8, 4) is 5.75 Å². The van der Waals surface area contributed by atoms with Crippen LogP contribution in [0, 0.1) is 12.7 Å². The quantitative estimate of drug-likeness (QED) is 0.515. The monoisotopic (exact) mass is 497 g/mol. The van der Waals surface area contributed by atoms with E-state index in [9.17, 15) is 26.0 Å². The number of benzene rings is 2. The van der Waals surface area contributed by atoms with Gasteiger partial charge < -0.3 is 15.0 Å². The van der Waals surface area contributed by atoms with Gasteiger partial charge in [0.25, 0.3) is 0 Å². The minimum atomic E-state index is -4.87. The first-order chi connectivity index (χ1) is 16.0. The number of halogens is 4. The summed E-state index contributed by atoms with van der Waals surface area (Å²) in [5, 5.41) is 3.06. The largest absolute Gasteiger partial charge is 0.573 e. The molecule has 0 unspecified atom stereocenters. The molecule has 1 aromatic heterocycles. The van der Waals surface area contributed by atoms with Gasteiger partial charge in [-0.1, -0.05) is 0 Å². The number of rotatable bonds is 6. The van der Waals surface area contributed by atoms with Crippen LogP contribution in [-0.2, 0) is 10.0 Å². The van der Waals surface area contributed by atoms with E-state index in [4.69, 9.17) is 0 Å². The molecule has 2 heterocycles. The molecule has 1 saturated heterocycles. The first kappa shape index (κ1) is 23.7. The highest BCUT2D eigenvalue weighted by atomic mass is 32.2. The molecule has 0 radical (unpaired) electrons. The molecule has 2 aromatic carbocycles. The third-order valence-electron chi connectivity index (χ3n) is 4.88. The predicted molar refractivity (Wildman–Crippen MR) is 116 cm³/mol. The highest BCUT2D eigenvalue weighted by Crippen LogP contribution is 2.27. The first-order valence-electron chi connectivity index (χ1n) is 9.99. The number of sulfonamides is 1. The van der Waals surface area contributed by atoms with Crippen molar-refractivity contribution < 1.29 is 30.7 Å². The number of hydrogen-bond donors (Lipinski definition) is 1. The summed E-state index contributed by atoms with van der Waals surface area (Å²) >= 11 is 0. The van der Waals surface area contributed by atoms with Gasteiger partial charge in [-0.3, -0.25) is 0 Å². The van der Waals surface area contributed by atoms with E-state index in [1.54, 1.807) is 30.0 Å². The van der Waals surface area contributed by atoms with E-state index in [1.807, 2.05) is 0 Å². The lowest BCUT2D eigenvalue weighted by Crippen LogP contribution is -2.31. The van der Waals surface area contributed by atoms with E-state index in [-0.39, 0.29) is 23.9 Å². The second kappa shape index (κ2) is 9.06. The molecular formula is C21H19F4N5O3S. The van der Waals surface area contributed by atoms with Gasteiger partial charge in [-0.25, -0.2) is 17.8 Å². The third kappa shape index (κ3) is 5.54. The lowest BCUT2D eigenvalue weighted by atomic mass is 10.3. The molecule has 13 heteroatoms. The van der Waals surface area contributed by atoms with Gasteiger partial charge in [0.2, 0.25) is 16.0 Å². The Morgan fingerprint density at radius 1 is 1.00 bits per heavy atom. The van der Waals surface area contributed by atoms with E-state index in [0.29, 0.717) is 29.7 Å². The summed E-state index contributed by atoms with van der Waals surface area (Å²) in [5.74, 6) is -0.123. The number of anilines is 3. The fraction of sp³-hybridized carbons (Fsp3) is 0.238. The molecule has 0 spiro atoms. The number of alkyl halides is 3. The van der Waals surface area contributed by atoms with Gasteiger partial charge in [0, 0.05) is 30.5 Å². The fourth-order valence-corrected chi connectivity index (χ4v) is 4.72. The van der Waals surface area contributed by atoms with Crippen LogP contribution in [0.5, 0.6) is 5.75 Å². The van der Waals surface area contributed by atoms with Crippen molar-refractivity contribution in [2.45, 2.75) is 18.2 Å². The lowest BCUT2D eigenvalue weighted by molar-refractivity contribution is -0.274. The molecule has 4 rings (SSSR count). The Bertz CT molecular complexity index is 1270. The van der Waals surface area contributed by atoms with Gasteiger partial charge in [0.05, 0.1) is 11.6 Å². The Kier molecular flexibility index (Phi) is 6.32. The molecule has 1 fully saturated rings. The summed E-state index contributed by atoms with van der Waals surface area (Å²) < 4.78 is 81.0. The Morgan fingerprint density at radius 2 is 1.68 bits per heavy atom. The molecule has 1 aliphatic rings. The third-order valence-corrected chi connectivity index (χ3v) is 6.73. The SMILES string of the molecule is Cc1cc(Nc2ccc(F)cc2)nc(N2CCN(S(=O)(=O)c3ccc(OC(F)(F)F)cc3)C2)n1. The highest BCUT2D eigenvalue weighted by molar-refractivity contribution is 7.89. The minimum Gasteiger partial charge on any atom is -0.406 e.